The maximum Gasteiger partial charge on any atom is 0.313 e. The van der Waals surface area contributed by atoms with Gasteiger partial charge in [-0.15, -0.1) is 0 Å². The number of rotatable bonds is 4. The molecule has 0 aromatic carbocycles. The highest BCUT2D eigenvalue weighted by molar-refractivity contribution is 6.31. The van der Waals surface area contributed by atoms with Crippen molar-refractivity contribution in [1.29, 1.82) is 0 Å². The first-order chi connectivity index (χ1) is 5.20. The van der Waals surface area contributed by atoms with Crippen LogP contribution in [-0.4, -0.2) is 32.1 Å². The number of Topliss-reactive ketones (excluding diaryl/α,β-unsaturated/α-hetero) is 1. The predicted molar refractivity (Wildman–Crippen MR) is 39.2 cm³/mol. The molecule has 0 aliphatic heterocycles. The smallest absolute Gasteiger partial charge is 0.313 e. The first-order valence-corrected chi connectivity index (χ1v) is 3.00. The lowest BCUT2D eigenvalue weighted by Gasteiger charge is -1.92. The summed E-state index contributed by atoms with van der Waals surface area (Å²) in [5.41, 5.74) is 2.39. The molecular weight excluding hydrogens is 148 g/mol. The first kappa shape index (κ1) is 9.61. The predicted octanol–water partition coefficient (Wildman–Crippen LogP) is -0.676. The summed E-state index contributed by atoms with van der Waals surface area (Å²) in [5, 5.41) is 3.43. The van der Waals surface area contributed by atoms with Crippen LogP contribution >= 0.6 is 0 Å². The molecule has 0 atom stereocenters. The Labute approximate surface area is 64.4 Å². The second-order valence-corrected chi connectivity index (χ2v) is 1.70. The van der Waals surface area contributed by atoms with Crippen LogP contribution in [0.1, 0.15) is 6.42 Å². The van der Waals surface area contributed by atoms with Crippen LogP contribution in [0.3, 0.4) is 0 Å². The van der Waals surface area contributed by atoms with E-state index in [0.29, 0.717) is 0 Å². The van der Waals surface area contributed by atoms with Gasteiger partial charge in [-0.3, -0.25) is 9.59 Å². The molecule has 0 heterocycles. The van der Waals surface area contributed by atoms with Crippen LogP contribution in [0.15, 0.2) is 5.10 Å². The van der Waals surface area contributed by atoms with Gasteiger partial charge in [-0.2, -0.15) is 5.10 Å². The number of hydrogen-bond donors (Lipinski definition) is 1. The third kappa shape index (κ3) is 5.07. The average molecular weight is 158 g/mol. The summed E-state index contributed by atoms with van der Waals surface area (Å²) < 4.78 is 4.26. The van der Waals surface area contributed by atoms with Crippen LogP contribution < -0.4 is 5.43 Å². The van der Waals surface area contributed by atoms with Gasteiger partial charge in [-0.25, -0.2) is 0 Å². The van der Waals surface area contributed by atoms with Gasteiger partial charge in [-0.05, 0) is 0 Å². The summed E-state index contributed by atoms with van der Waals surface area (Å²) in [4.78, 5) is 21.1. The summed E-state index contributed by atoms with van der Waals surface area (Å²) in [5.74, 6) is -0.941. The molecule has 62 valence electrons. The summed E-state index contributed by atoms with van der Waals surface area (Å²) in [6.45, 7) is 0. The van der Waals surface area contributed by atoms with Crippen molar-refractivity contribution < 1.29 is 14.3 Å². The van der Waals surface area contributed by atoms with E-state index in [9.17, 15) is 9.59 Å². The highest BCUT2D eigenvalue weighted by atomic mass is 16.5. The van der Waals surface area contributed by atoms with Gasteiger partial charge in [0.05, 0.1) is 13.3 Å². The van der Waals surface area contributed by atoms with Crippen molar-refractivity contribution >= 4 is 18.0 Å². The SMILES string of the molecule is CN/N=C/C(=O)CC(=O)OC. The zero-order valence-corrected chi connectivity index (χ0v) is 6.46. The molecule has 0 aromatic rings. The van der Waals surface area contributed by atoms with E-state index in [2.05, 4.69) is 15.3 Å². The molecule has 0 aliphatic carbocycles. The molecule has 11 heavy (non-hydrogen) atoms. The number of nitrogens with one attached hydrogen (secondary N) is 1. The second kappa shape index (κ2) is 5.40. The Hall–Kier alpha value is -1.39. The van der Waals surface area contributed by atoms with E-state index < -0.39 is 5.97 Å². The third-order valence-corrected chi connectivity index (χ3v) is 0.884. The highest BCUT2D eigenvalue weighted by Crippen LogP contribution is 1.83. The molecule has 0 fully saturated rings. The lowest BCUT2D eigenvalue weighted by molar-refractivity contribution is -0.142. The lowest BCUT2D eigenvalue weighted by Crippen LogP contribution is -2.11. The number of ketones is 1. The van der Waals surface area contributed by atoms with Gasteiger partial charge in [0.1, 0.15) is 6.42 Å². The van der Waals surface area contributed by atoms with Crippen LogP contribution in [-0.2, 0) is 14.3 Å². The van der Waals surface area contributed by atoms with Crippen LogP contribution in [0.25, 0.3) is 0 Å². The maximum absolute atomic E-state index is 10.7. The van der Waals surface area contributed by atoms with Gasteiger partial charge in [-0.1, -0.05) is 0 Å². The van der Waals surface area contributed by atoms with E-state index in [4.69, 9.17) is 0 Å². The lowest BCUT2D eigenvalue weighted by atomic mass is 10.3. The molecule has 0 rings (SSSR count). The molecule has 0 spiro atoms. The number of carbonyl (C=O) groups excluding carboxylic acids is 2. The van der Waals surface area contributed by atoms with Crippen LogP contribution in [0.2, 0.25) is 0 Å². The Morgan fingerprint density at radius 3 is 2.73 bits per heavy atom. The largest absolute Gasteiger partial charge is 0.469 e. The zero-order valence-electron chi connectivity index (χ0n) is 6.46. The minimum Gasteiger partial charge on any atom is -0.469 e. The van der Waals surface area contributed by atoms with Crippen molar-refractivity contribution in [3.8, 4) is 0 Å². The van der Waals surface area contributed by atoms with Crippen molar-refractivity contribution in [2.75, 3.05) is 14.2 Å². The quantitative estimate of drug-likeness (QED) is 0.255. The molecule has 0 saturated heterocycles. The van der Waals surface area contributed by atoms with Crippen molar-refractivity contribution in [1.82, 2.24) is 5.43 Å². The highest BCUT2D eigenvalue weighted by Gasteiger charge is 2.05. The first-order valence-electron chi connectivity index (χ1n) is 3.00. The van der Waals surface area contributed by atoms with Gasteiger partial charge in [0.25, 0.3) is 0 Å². The molecule has 0 amide bonds. The molecule has 0 saturated carbocycles. The standard InChI is InChI=1S/C6H10N2O3/c1-7-8-4-5(9)3-6(10)11-2/h4,7H,3H2,1-2H3/b8-4+. The van der Waals surface area contributed by atoms with E-state index in [-0.39, 0.29) is 12.2 Å². The molecule has 0 aromatic heterocycles. The normalized spacial score (nSPS) is 9.64. The fourth-order valence-corrected chi connectivity index (χ4v) is 0.397. The van der Waals surface area contributed by atoms with Gasteiger partial charge in [0.15, 0.2) is 5.78 Å². The Bertz CT molecular complexity index is 177. The van der Waals surface area contributed by atoms with E-state index in [1.165, 1.54) is 7.11 Å². The minimum atomic E-state index is -0.558. The van der Waals surface area contributed by atoms with E-state index in [1.54, 1.807) is 7.05 Å². The molecule has 0 aliphatic rings. The average Bonchev–Trinajstić information content (AvgIpc) is 2.00. The summed E-state index contributed by atoms with van der Waals surface area (Å²) in [6, 6.07) is 0. The number of esters is 1. The molecule has 0 unspecified atom stereocenters. The third-order valence-electron chi connectivity index (χ3n) is 0.884. The van der Waals surface area contributed by atoms with Crippen LogP contribution in [0.5, 0.6) is 0 Å². The molecule has 0 bridgehead atoms. The van der Waals surface area contributed by atoms with Gasteiger partial charge >= 0.3 is 5.97 Å². The van der Waals surface area contributed by atoms with E-state index >= 15 is 0 Å². The Morgan fingerprint density at radius 1 is 1.64 bits per heavy atom. The zero-order chi connectivity index (χ0) is 8.69. The minimum absolute atomic E-state index is 0.262. The number of carbonyl (C=O) groups is 2. The Kier molecular flexibility index (Phi) is 4.72. The van der Waals surface area contributed by atoms with E-state index in [1.807, 2.05) is 0 Å². The number of methoxy groups -OCH3 is 1. The number of nitrogens with zero attached hydrogens (tertiary/aromatic N) is 1. The van der Waals surface area contributed by atoms with Crippen LogP contribution in [0, 0.1) is 0 Å². The van der Waals surface area contributed by atoms with Crippen molar-refractivity contribution in [3.05, 3.63) is 0 Å². The summed E-state index contributed by atoms with van der Waals surface area (Å²) >= 11 is 0. The topological polar surface area (TPSA) is 67.8 Å². The Balaban J connectivity index is 3.69. The van der Waals surface area contributed by atoms with Crippen molar-refractivity contribution in [2.45, 2.75) is 6.42 Å². The fraction of sp³-hybridized carbons (Fsp3) is 0.500. The van der Waals surface area contributed by atoms with Crippen molar-refractivity contribution in [3.63, 3.8) is 0 Å². The van der Waals surface area contributed by atoms with Gasteiger partial charge in [0, 0.05) is 7.05 Å². The number of hydrogen-bond acceptors (Lipinski definition) is 5. The monoisotopic (exact) mass is 158 g/mol. The number of hydrazone groups is 1. The number of ether oxygens (including phenoxy) is 1. The van der Waals surface area contributed by atoms with E-state index in [0.717, 1.165) is 6.21 Å². The van der Waals surface area contributed by atoms with Crippen LogP contribution in [0.4, 0.5) is 0 Å². The van der Waals surface area contributed by atoms with Crippen molar-refractivity contribution in [2.24, 2.45) is 5.10 Å². The van der Waals surface area contributed by atoms with Gasteiger partial charge < -0.3 is 10.2 Å². The molecule has 5 heteroatoms. The fourth-order valence-electron chi connectivity index (χ4n) is 0.397. The molecule has 5 nitrogen and oxygen atoms in total. The Morgan fingerprint density at radius 2 is 2.27 bits per heavy atom. The summed E-state index contributed by atoms with van der Waals surface area (Å²) in [7, 11) is 2.78. The molecule has 0 radical (unpaired) electrons. The second-order valence-electron chi connectivity index (χ2n) is 1.70. The maximum atomic E-state index is 10.7. The summed E-state index contributed by atoms with van der Waals surface area (Å²) in [6.07, 6.45) is 0.776. The van der Waals surface area contributed by atoms with Gasteiger partial charge in [0.2, 0.25) is 0 Å². The molecular formula is C6H10N2O3. The molecule has 1 N–H and O–H groups in total.